The molecule has 1 N–H and O–H groups in total. The van der Waals surface area contributed by atoms with E-state index in [1.54, 1.807) is 20.8 Å². The predicted octanol–water partition coefficient (Wildman–Crippen LogP) is 2.64. The van der Waals surface area contributed by atoms with Crippen LogP contribution >= 0.6 is 0 Å². The number of carbonyl (C=O) groups excluding carboxylic acids is 2. The lowest BCUT2D eigenvalue weighted by molar-refractivity contribution is -0.118. The highest BCUT2D eigenvalue weighted by Crippen LogP contribution is 2.21. The normalized spacial score (nSPS) is 10.5. The Hall–Kier alpha value is -2.63. The Balaban J connectivity index is 2.46. The second kappa shape index (κ2) is 6.89. The van der Waals surface area contributed by atoms with Gasteiger partial charge in [0, 0.05) is 5.92 Å². The van der Waals surface area contributed by atoms with Gasteiger partial charge in [0.1, 0.15) is 5.56 Å². The van der Waals surface area contributed by atoms with E-state index in [4.69, 9.17) is 4.74 Å². The molecule has 0 aliphatic carbocycles. The quantitative estimate of drug-likeness (QED) is 0.862. The van der Waals surface area contributed by atoms with Crippen molar-refractivity contribution in [3.05, 3.63) is 42.1 Å². The Morgan fingerprint density at radius 3 is 2.55 bits per heavy atom. The van der Waals surface area contributed by atoms with Crippen molar-refractivity contribution in [2.24, 2.45) is 5.92 Å². The summed E-state index contributed by atoms with van der Waals surface area (Å²) >= 11 is 0. The maximum Gasteiger partial charge on any atom is 0.343 e. The van der Waals surface area contributed by atoms with Crippen LogP contribution in [0.1, 0.15) is 31.1 Å². The summed E-state index contributed by atoms with van der Waals surface area (Å²) in [4.78, 5) is 24.1. The molecule has 0 unspecified atom stereocenters. The summed E-state index contributed by atoms with van der Waals surface area (Å²) in [6.07, 6.45) is 1.40. The third-order valence-electron chi connectivity index (χ3n) is 3.03. The van der Waals surface area contributed by atoms with Crippen LogP contribution in [-0.4, -0.2) is 28.3 Å². The molecule has 0 saturated carbocycles. The number of esters is 1. The fourth-order valence-corrected chi connectivity index (χ4v) is 1.85. The van der Waals surface area contributed by atoms with Gasteiger partial charge in [0.2, 0.25) is 5.91 Å². The van der Waals surface area contributed by atoms with Crippen LogP contribution < -0.4 is 5.32 Å². The number of nitrogens with one attached hydrogen (secondary N) is 1. The third-order valence-corrected chi connectivity index (χ3v) is 3.03. The van der Waals surface area contributed by atoms with Crippen molar-refractivity contribution >= 4 is 17.7 Å². The van der Waals surface area contributed by atoms with Crippen LogP contribution in [-0.2, 0) is 9.53 Å². The van der Waals surface area contributed by atoms with E-state index in [2.05, 4.69) is 10.4 Å². The zero-order valence-corrected chi connectivity index (χ0v) is 12.9. The van der Waals surface area contributed by atoms with Crippen LogP contribution in [0.25, 0.3) is 5.69 Å². The number of rotatable bonds is 5. The van der Waals surface area contributed by atoms with Gasteiger partial charge in [-0.3, -0.25) is 4.79 Å². The highest BCUT2D eigenvalue weighted by atomic mass is 16.5. The monoisotopic (exact) mass is 301 g/mol. The van der Waals surface area contributed by atoms with Gasteiger partial charge in [-0.25, -0.2) is 9.48 Å². The van der Waals surface area contributed by atoms with Crippen molar-refractivity contribution < 1.29 is 14.3 Å². The van der Waals surface area contributed by atoms with Crippen molar-refractivity contribution in [2.75, 3.05) is 11.9 Å². The lowest BCUT2D eigenvalue weighted by Crippen LogP contribution is -2.22. The van der Waals surface area contributed by atoms with Gasteiger partial charge < -0.3 is 10.1 Å². The first-order valence-electron chi connectivity index (χ1n) is 7.16. The van der Waals surface area contributed by atoms with Crippen LogP contribution in [0.5, 0.6) is 0 Å². The molecule has 0 spiro atoms. The summed E-state index contributed by atoms with van der Waals surface area (Å²) in [6.45, 7) is 5.55. The van der Waals surface area contributed by atoms with Gasteiger partial charge in [-0.1, -0.05) is 32.0 Å². The molecule has 6 nitrogen and oxygen atoms in total. The van der Waals surface area contributed by atoms with Gasteiger partial charge in [0.25, 0.3) is 0 Å². The number of hydrogen-bond acceptors (Lipinski definition) is 4. The molecular weight excluding hydrogens is 282 g/mol. The highest BCUT2D eigenvalue weighted by Gasteiger charge is 2.22. The van der Waals surface area contributed by atoms with E-state index in [0.29, 0.717) is 5.82 Å². The molecule has 1 heterocycles. The Morgan fingerprint density at radius 1 is 1.27 bits per heavy atom. The first-order valence-corrected chi connectivity index (χ1v) is 7.16. The standard InChI is InChI=1S/C16H19N3O3/c1-4-22-16(21)13-10-17-19(12-8-6-5-7-9-12)14(13)18-15(20)11(2)3/h5-11H,4H2,1-3H3,(H,18,20). The molecule has 22 heavy (non-hydrogen) atoms. The summed E-state index contributed by atoms with van der Waals surface area (Å²) in [5.74, 6) is -0.593. The smallest absolute Gasteiger partial charge is 0.343 e. The Morgan fingerprint density at radius 2 is 1.95 bits per heavy atom. The van der Waals surface area contributed by atoms with Gasteiger partial charge in [-0.05, 0) is 19.1 Å². The van der Waals surface area contributed by atoms with Crippen molar-refractivity contribution in [2.45, 2.75) is 20.8 Å². The van der Waals surface area contributed by atoms with E-state index >= 15 is 0 Å². The number of anilines is 1. The van der Waals surface area contributed by atoms with E-state index in [-0.39, 0.29) is 24.0 Å². The molecule has 0 aliphatic heterocycles. The number of para-hydroxylation sites is 1. The summed E-state index contributed by atoms with van der Waals surface area (Å²) in [5.41, 5.74) is 0.983. The molecule has 1 aromatic carbocycles. The molecule has 1 aromatic heterocycles. The van der Waals surface area contributed by atoms with Crippen molar-refractivity contribution in [1.29, 1.82) is 0 Å². The molecule has 1 amide bonds. The fraction of sp³-hybridized carbons (Fsp3) is 0.312. The lowest BCUT2D eigenvalue weighted by Gasteiger charge is -2.12. The van der Waals surface area contributed by atoms with Gasteiger partial charge in [0.05, 0.1) is 18.5 Å². The van der Waals surface area contributed by atoms with E-state index in [1.807, 2.05) is 30.3 Å². The Labute approximate surface area is 129 Å². The van der Waals surface area contributed by atoms with Crippen LogP contribution in [0.4, 0.5) is 5.82 Å². The number of carbonyl (C=O) groups is 2. The molecule has 0 bridgehead atoms. The molecule has 6 heteroatoms. The van der Waals surface area contributed by atoms with Crippen molar-refractivity contribution in [3.8, 4) is 5.69 Å². The maximum absolute atomic E-state index is 12.0. The molecule has 0 aliphatic rings. The first-order chi connectivity index (χ1) is 10.5. The van der Waals surface area contributed by atoms with Gasteiger partial charge in [0.15, 0.2) is 5.82 Å². The third kappa shape index (κ3) is 3.33. The van der Waals surface area contributed by atoms with Crippen molar-refractivity contribution in [1.82, 2.24) is 9.78 Å². The second-order valence-corrected chi connectivity index (χ2v) is 5.02. The topological polar surface area (TPSA) is 73.2 Å². The zero-order valence-electron chi connectivity index (χ0n) is 12.9. The number of ether oxygens (including phenoxy) is 1. The van der Waals surface area contributed by atoms with E-state index in [0.717, 1.165) is 5.69 Å². The number of hydrogen-bond donors (Lipinski definition) is 1. The average Bonchev–Trinajstić information content (AvgIpc) is 2.92. The van der Waals surface area contributed by atoms with Crippen LogP contribution in [0.3, 0.4) is 0 Å². The SMILES string of the molecule is CCOC(=O)c1cnn(-c2ccccc2)c1NC(=O)C(C)C. The summed E-state index contributed by atoms with van der Waals surface area (Å²) < 4.78 is 6.54. The minimum absolute atomic E-state index is 0.191. The van der Waals surface area contributed by atoms with Gasteiger partial charge >= 0.3 is 5.97 Å². The zero-order chi connectivity index (χ0) is 16.1. The number of benzene rings is 1. The second-order valence-electron chi connectivity index (χ2n) is 5.02. The molecule has 0 fully saturated rings. The Kier molecular flexibility index (Phi) is 4.93. The summed E-state index contributed by atoms with van der Waals surface area (Å²) in [7, 11) is 0. The largest absolute Gasteiger partial charge is 0.462 e. The van der Waals surface area contributed by atoms with Gasteiger partial charge in [-0.15, -0.1) is 0 Å². The van der Waals surface area contributed by atoms with E-state index < -0.39 is 5.97 Å². The molecule has 2 aromatic rings. The Bertz CT molecular complexity index is 663. The fourth-order valence-electron chi connectivity index (χ4n) is 1.85. The molecular formula is C16H19N3O3. The average molecular weight is 301 g/mol. The lowest BCUT2D eigenvalue weighted by atomic mass is 10.2. The summed E-state index contributed by atoms with van der Waals surface area (Å²) in [5, 5.41) is 6.96. The van der Waals surface area contributed by atoms with Crippen LogP contribution in [0.2, 0.25) is 0 Å². The first kappa shape index (κ1) is 15.8. The predicted molar refractivity (Wildman–Crippen MR) is 83.0 cm³/mol. The number of nitrogens with zero attached hydrogens (tertiary/aromatic N) is 2. The maximum atomic E-state index is 12.0. The number of aromatic nitrogens is 2. The minimum atomic E-state index is -0.510. The summed E-state index contributed by atoms with van der Waals surface area (Å²) in [6, 6.07) is 9.27. The number of amides is 1. The van der Waals surface area contributed by atoms with Crippen LogP contribution in [0, 0.1) is 5.92 Å². The molecule has 0 radical (unpaired) electrons. The minimum Gasteiger partial charge on any atom is -0.462 e. The van der Waals surface area contributed by atoms with E-state index in [1.165, 1.54) is 10.9 Å². The molecule has 0 saturated heterocycles. The van der Waals surface area contributed by atoms with Crippen molar-refractivity contribution in [3.63, 3.8) is 0 Å². The molecule has 116 valence electrons. The molecule has 2 rings (SSSR count). The van der Waals surface area contributed by atoms with Gasteiger partial charge in [-0.2, -0.15) is 5.10 Å². The molecule has 0 atom stereocenters. The highest BCUT2D eigenvalue weighted by molar-refractivity contribution is 6.01. The van der Waals surface area contributed by atoms with Crippen LogP contribution in [0.15, 0.2) is 36.5 Å². The van der Waals surface area contributed by atoms with E-state index in [9.17, 15) is 9.59 Å².